The highest BCUT2D eigenvalue weighted by Crippen LogP contribution is 2.34. The van der Waals surface area contributed by atoms with E-state index in [2.05, 4.69) is 12.2 Å². The smallest absolute Gasteiger partial charge is 0.342 e. The predicted molar refractivity (Wildman–Crippen MR) is 88.2 cm³/mol. The van der Waals surface area contributed by atoms with E-state index in [0.717, 1.165) is 24.2 Å². The summed E-state index contributed by atoms with van der Waals surface area (Å²) in [5.41, 5.74) is 0.0220. The van der Waals surface area contributed by atoms with Gasteiger partial charge in [0.2, 0.25) is 0 Å². The number of amides is 2. The van der Waals surface area contributed by atoms with Crippen LogP contribution in [-0.4, -0.2) is 42.7 Å². The summed E-state index contributed by atoms with van der Waals surface area (Å²) in [5, 5.41) is 13.8. The molecule has 1 aromatic rings. The molecule has 1 rings (SSSR count). The molecule has 2 amide bonds. The minimum Gasteiger partial charge on any atom is -0.492 e. The number of nitrogens with zero attached hydrogens (tertiary/aromatic N) is 1. The summed E-state index contributed by atoms with van der Waals surface area (Å²) in [6, 6.07) is -0.365. The van der Waals surface area contributed by atoms with Gasteiger partial charge in [0.15, 0.2) is 0 Å². The van der Waals surface area contributed by atoms with Gasteiger partial charge < -0.3 is 14.7 Å². The van der Waals surface area contributed by atoms with Crippen molar-refractivity contribution in [3.8, 4) is 5.75 Å². The van der Waals surface area contributed by atoms with Crippen LogP contribution in [0.5, 0.6) is 5.75 Å². The first-order valence-corrected chi connectivity index (χ1v) is 8.31. The Hall–Kier alpha value is -1.76. The van der Waals surface area contributed by atoms with Crippen LogP contribution in [0.3, 0.4) is 0 Å². The van der Waals surface area contributed by atoms with Gasteiger partial charge in [0.25, 0.3) is 0 Å². The summed E-state index contributed by atoms with van der Waals surface area (Å²) in [6.07, 6.45) is 5.53. The topological polar surface area (TPSA) is 78.9 Å². The lowest BCUT2D eigenvalue weighted by atomic mass is 10.2. The molecule has 0 saturated carbocycles. The Morgan fingerprint density at radius 3 is 2.55 bits per heavy atom. The van der Waals surface area contributed by atoms with E-state index in [1.165, 1.54) is 24.2 Å². The van der Waals surface area contributed by atoms with Gasteiger partial charge in [0.05, 0.1) is 6.61 Å². The number of thiophene rings is 1. The van der Waals surface area contributed by atoms with Crippen LogP contribution in [0.25, 0.3) is 0 Å². The van der Waals surface area contributed by atoms with E-state index < -0.39 is 5.97 Å². The van der Waals surface area contributed by atoms with Crippen LogP contribution in [0.1, 0.15) is 49.4 Å². The number of aromatic carboxylic acids is 1. The molecule has 0 saturated heterocycles. The molecular formula is C15H24N2O4S. The van der Waals surface area contributed by atoms with Gasteiger partial charge in [-0.3, -0.25) is 5.32 Å². The fourth-order valence-corrected chi connectivity index (χ4v) is 2.70. The van der Waals surface area contributed by atoms with Crippen molar-refractivity contribution in [3.63, 3.8) is 0 Å². The molecule has 1 aromatic heterocycles. The largest absolute Gasteiger partial charge is 0.492 e. The molecule has 6 nitrogen and oxygen atoms in total. The van der Waals surface area contributed by atoms with E-state index in [4.69, 9.17) is 4.74 Å². The molecular weight excluding hydrogens is 304 g/mol. The first-order valence-electron chi connectivity index (χ1n) is 7.43. The Morgan fingerprint density at radius 1 is 1.27 bits per heavy atom. The fraction of sp³-hybridized carbons (Fsp3) is 0.600. The predicted octanol–water partition coefficient (Wildman–Crippen LogP) is 3.89. The van der Waals surface area contributed by atoms with Crippen LogP contribution >= 0.6 is 11.3 Å². The first-order chi connectivity index (χ1) is 10.5. The number of rotatable bonds is 9. The molecule has 0 spiro atoms. The highest BCUT2D eigenvalue weighted by Gasteiger charge is 2.21. The molecule has 1 heterocycles. The van der Waals surface area contributed by atoms with E-state index in [-0.39, 0.29) is 11.6 Å². The lowest BCUT2D eigenvalue weighted by Gasteiger charge is -2.11. The molecule has 22 heavy (non-hydrogen) atoms. The van der Waals surface area contributed by atoms with E-state index >= 15 is 0 Å². The zero-order valence-electron chi connectivity index (χ0n) is 13.3. The summed E-state index contributed by atoms with van der Waals surface area (Å²) in [4.78, 5) is 24.4. The van der Waals surface area contributed by atoms with Crippen LogP contribution in [0.4, 0.5) is 9.80 Å². The molecule has 0 atom stereocenters. The third-order valence-electron chi connectivity index (χ3n) is 3.10. The number of carboxylic acids is 1. The maximum atomic E-state index is 11.6. The maximum absolute atomic E-state index is 11.6. The Bertz CT molecular complexity index is 500. The standard InChI is InChI=1S/C15H24N2O4S/c1-4-5-6-7-8-9-21-11-10-22-13(12(11)14(18)19)16-15(20)17(2)3/h10H,4-9H2,1-3H3,(H,16,20)(H,18,19). The second-order valence-electron chi connectivity index (χ2n) is 5.20. The van der Waals surface area contributed by atoms with Crippen molar-refractivity contribution in [2.24, 2.45) is 0 Å². The molecule has 0 aliphatic rings. The van der Waals surface area contributed by atoms with Gasteiger partial charge in [0.1, 0.15) is 16.3 Å². The van der Waals surface area contributed by atoms with Crippen LogP contribution < -0.4 is 10.1 Å². The van der Waals surface area contributed by atoms with Crippen molar-refractivity contribution in [3.05, 3.63) is 10.9 Å². The summed E-state index contributed by atoms with van der Waals surface area (Å²) in [5.74, 6) is -0.779. The van der Waals surface area contributed by atoms with Gasteiger partial charge >= 0.3 is 12.0 Å². The molecule has 0 aliphatic heterocycles. The molecule has 0 fully saturated rings. The van der Waals surface area contributed by atoms with Gasteiger partial charge in [-0.25, -0.2) is 9.59 Å². The van der Waals surface area contributed by atoms with Crippen LogP contribution in [0, 0.1) is 0 Å². The van der Waals surface area contributed by atoms with Crippen molar-refractivity contribution in [1.82, 2.24) is 4.90 Å². The monoisotopic (exact) mass is 328 g/mol. The second kappa shape index (κ2) is 9.30. The number of urea groups is 1. The average Bonchev–Trinajstić information content (AvgIpc) is 2.85. The van der Waals surface area contributed by atoms with Crippen molar-refractivity contribution >= 4 is 28.3 Å². The Morgan fingerprint density at radius 2 is 1.95 bits per heavy atom. The molecule has 124 valence electrons. The van der Waals surface area contributed by atoms with Gasteiger partial charge in [-0.05, 0) is 6.42 Å². The first kappa shape index (κ1) is 18.3. The Kier molecular flexibility index (Phi) is 7.73. The number of unbranched alkanes of at least 4 members (excludes halogenated alkanes) is 4. The molecule has 0 radical (unpaired) electrons. The van der Waals surface area contributed by atoms with Crippen LogP contribution in [0.15, 0.2) is 5.38 Å². The van der Waals surface area contributed by atoms with Gasteiger partial charge in [-0.15, -0.1) is 11.3 Å². The van der Waals surface area contributed by atoms with Gasteiger partial charge in [-0.2, -0.15) is 0 Å². The lowest BCUT2D eigenvalue weighted by molar-refractivity contribution is 0.0694. The summed E-state index contributed by atoms with van der Waals surface area (Å²) < 4.78 is 5.57. The summed E-state index contributed by atoms with van der Waals surface area (Å²) in [7, 11) is 3.19. The normalized spacial score (nSPS) is 10.3. The minimum atomic E-state index is -1.10. The number of carboxylic acid groups (broad SMARTS) is 1. The summed E-state index contributed by atoms with van der Waals surface area (Å²) >= 11 is 1.16. The highest BCUT2D eigenvalue weighted by molar-refractivity contribution is 7.15. The number of hydrogen-bond donors (Lipinski definition) is 2. The average molecular weight is 328 g/mol. The number of nitrogens with one attached hydrogen (secondary N) is 1. The van der Waals surface area contributed by atoms with E-state index in [0.29, 0.717) is 17.4 Å². The Labute approximate surface area is 135 Å². The van der Waals surface area contributed by atoms with Gasteiger partial charge in [-0.1, -0.05) is 32.6 Å². The number of hydrogen-bond acceptors (Lipinski definition) is 4. The third-order valence-corrected chi connectivity index (χ3v) is 3.98. The summed E-state index contributed by atoms with van der Waals surface area (Å²) in [6.45, 7) is 2.65. The van der Waals surface area contributed by atoms with Crippen molar-refractivity contribution in [2.75, 3.05) is 26.0 Å². The molecule has 0 aromatic carbocycles. The Balaban J connectivity index is 2.62. The minimum absolute atomic E-state index is 0.0220. The quantitative estimate of drug-likeness (QED) is 0.674. The number of carbonyl (C=O) groups is 2. The zero-order valence-corrected chi connectivity index (χ0v) is 14.2. The molecule has 2 N–H and O–H groups in total. The molecule has 0 bridgehead atoms. The van der Waals surface area contributed by atoms with E-state index in [1.807, 2.05) is 0 Å². The van der Waals surface area contributed by atoms with E-state index in [9.17, 15) is 14.7 Å². The molecule has 0 unspecified atom stereocenters. The number of carbonyl (C=O) groups excluding carboxylic acids is 1. The SMILES string of the molecule is CCCCCCCOc1csc(NC(=O)N(C)C)c1C(=O)O. The lowest BCUT2D eigenvalue weighted by Crippen LogP contribution is -2.27. The molecule has 0 aliphatic carbocycles. The zero-order chi connectivity index (χ0) is 16.5. The fourth-order valence-electron chi connectivity index (χ4n) is 1.84. The maximum Gasteiger partial charge on any atom is 0.342 e. The van der Waals surface area contributed by atoms with Crippen molar-refractivity contribution in [1.29, 1.82) is 0 Å². The van der Waals surface area contributed by atoms with E-state index in [1.54, 1.807) is 19.5 Å². The number of anilines is 1. The number of ether oxygens (including phenoxy) is 1. The second-order valence-corrected chi connectivity index (χ2v) is 6.08. The molecule has 7 heteroatoms. The highest BCUT2D eigenvalue weighted by atomic mass is 32.1. The van der Waals surface area contributed by atoms with Gasteiger partial charge in [0, 0.05) is 19.5 Å². The van der Waals surface area contributed by atoms with Crippen LogP contribution in [0.2, 0.25) is 0 Å². The van der Waals surface area contributed by atoms with Crippen molar-refractivity contribution in [2.45, 2.75) is 39.0 Å². The van der Waals surface area contributed by atoms with Crippen LogP contribution in [-0.2, 0) is 0 Å². The van der Waals surface area contributed by atoms with Crippen molar-refractivity contribution < 1.29 is 19.4 Å². The third kappa shape index (κ3) is 5.55.